The molecule has 25 heavy (non-hydrogen) atoms. The number of hydrogen-bond donors (Lipinski definition) is 2. The van der Waals surface area contributed by atoms with E-state index in [0.717, 1.165) is 42.5 Å². The van der Waals surface area contributed by atoms with E-state index in [4.69, 9.17) is 5.73 Å². The second-order valence-corrected chi connectivity index (χ2v) is 6.60. The van der Waals surface area contributed by atoms with E-state index >= 15 is 0 Å². The van der Waals surface area contributed by atoms with Gasteiger partial charge in [-0.3, -0.25) is 14.7 Å². The molecule has 0 bridgehead atoms. The van der Waals surface area contributed by atoms with Crippen molar-refractivity contribution >= 4 is 11.8 Å². The number of primary amides is 1. The van der Waals surface area contributed by atoms with Crippen LogP contribution in [0.1, 0.15) is 59.0 Å². The zero-order chi connectivity index (χ0) is 17.8. The molecule has 3 rings (SSSR count). The Kier molecular flexibility index (Phi) is 5.16. The molecule has 1 aliphatic rings. The molecule has 2 aromatic rings. The van der Waals surface area contributed by atoms with E-state index in [-0.39, 0.29) is 12.3 Å². The Morgan fingerprint density at radius 1 is 1.20 bits per heavy atom. The first-order chi connectivity index (χ1) is 12.1. The van der Waals surface area contributed by atoms with E-state index in [9.17, 15) is 9.59 Å². The number of rotatable bonds is 5. The number of amides is 2. The Morgan fingerprint density at radius 2 is 1.92 bits per heavy atom. The van der Waals surface area contributed by atoms with Gasteiger partial charge in [-0.1, -0.05) is 36.8 Å². The summed E-state index contributed by atoms with van der Waals surface area (Å²) in [7, 11) is 1.71. The van der Waals surface area contributed by atoms with Gasteiger partial charge < -0.3 is 10.6 Å². The fraction of sp³-hybridized carbons (Fsp3) is 0.421. The van der Waals surface area contributed by atoms with Crippen molar-refractivity contribution in [1.29, 1.82) is 0 Å². The number of nitrogens with zero attached hydrogens (tertiary/aromatic N) is 2. The third-order valence-electron chi connectivity index (χ3n) is 4.88. The Labute approximate surface area is 147 Å². The number of aromatic amines is 1. The first-order valence-corrected chi connectivity index (χ1v) is 8.74. The number of benzene rings is 1. The number of fused-ring (bicyclic) bond motifs is 1. The van der Waals surface area contributed by atoms with E-state index in [2.05, 4.69) is 10.2 Å². The average Bonchev–Trinajstić information content (AvgIpc) is 2.87. The number of aryl methyl sites for hydroxylation is 1. The summed E-state index contributed by atoms with van der Waals surface area (Å²) >= 11 is 0. The number of nitrogens with two attached hydrogens (primary N) is 1. The molecule has 6 nitrogen and oxygen atoms in total. The molecule has 132 valence electrons. The van der Waals surface area contributed by atoms with Crippen LogP contribution in [0.2, 0.25) is 0 Å². The second kappa shape index (κ2) is 7.51. The summed E-state index contributed by atoms with van der Waals surface area (Å²) in [6.07, 6.45) is 5.24. The predicted octanol–water partition coefficient (Wildman–Crippen LogP) is 2.37. The van der Waals surface area contributed by atoms with E-state index < -0.39 is 11.9 Å². The Hall–Kier alpha value is -2.63. The summed E-state index contributed by atoms with van der Waals surface area (Å²) in [6, 6.07) is 9.10. The Balaban J connectivity index is 1.89. The third kappa shape index (κ3) is 3.73. The van der Waals surface area contributed by atoms with Crippen molar-refractivity contribution < 1.29 is 9.59 Å². The van der Waals surface area contributed by atoms with Crippen LogP contribution in [0.5, 0.6) is 0 Å². The molecule has 1 heterocycles. The van der Waals surface area contributed by atoms with Crippen LogP contribution < -0.4 is 5.73 Å². The predicted molar refractivity (Wildman–Crippen MR) is 94.9 cm³/mol. The summed E-state index contributed by atoms with van der Waals surface area (Å²) in [5.41, 5.74) is 8.88. The highest BCUT2D eigenvalue weighted by molar-refractivity contribution is 5.94. The molecule has 3 N–H and O–H groups in total. The second-order valence-electron chi connectivity index (χ2n) is 6.60. The van der Waals surface area contributed by atoms with Crippen LogP contribution in [-0.2, 0) is 17.6 Å². The van der Waals surface area contributed by atoms with Crippen LogP contribution in [-0.4, -0.2) is 34.0 Å². The highest BCUT2D eigenvalue weighted by Gasteiger charge is 2.29. The van der Waals surface area contributed by atoms with Crippen molar-refractivity contribution in [2.24, 2.45) is 5.73 Å². The summed E-state index contributed by atoms with van der Waals surface area (Å²) in [4.78, 5) is 26.2. The lowest BCUT2D eigenvalue weighted by Gasteiger charge is -2.27. The molecule has 0 aliphatic heterocycles. The standard InChI is InChI=1S/C19H24N4O2/c1-23(16(12-17(20)24)13-8-4-2-5-9-13)19(25)18-14-10-6-3-7-11-15(14)21-22-18/h2,4-5,8-9,16H,3,6-7,10-12H2,1H3,(H2,20,24)(H,21,22)/t16-/m0/s1. The summed E-state index contributed by atoms with van der Waals surface area (Å²) in [6.45, 7) is 0. The molecule has 1 aromatic carbocycles. The minimum absolute atomic E-state index is 0.0822. The minimum atomic E-state index is -0.436. The smallest absolute Gasteiger partial charge is 0.274 e. The van der Waals surface area contributed by atoms with Crippen LogP contribution in [0, 0.1) is 0 Å². The van der Waals surface area contributed by atoms with Crippen molar-refractivity contribution in [2.45, 2.75) is 44.6 Å². The van der Waals surface area contributed by atoms with Gasteiger partial charge in [0.1, 0.15) is 0 Å². The fourth-order valence-electron chi connectivity index (χ4n) is 3.49. The number of carbonyl (C=O) groups is 2. The molecule has 1 aliphatic carbocycles. The summed E-state index contributed by atoms with van der Waals surface area (Å²) < 4.78 is 0. The molecule has 0 saturated carbocycles. The van der Waals surface area contributed by atoms with Crippen LogP contribution in [0.3, 0.4) is 0 Å². The van der Waals surface area contributed by atoms with Gasteiger partial charge in [-0.2, -0.15) is 5.10 Å². The van der Waals surface area contributed by atoms with Gasteiger partial charge in [0.15, 0.2) is 5.69 Å². The SMILES string of the molecule is CN(C(=O)c1n[nH]c2c1CCCCC2)[C@@H](CC(N)=O)c1ccccc1. The van der Waals surface area contributed by atoms with Gasteiger partial charge >= 0.3 is 0 Å². The van der Waals surface area contributed by atoms with Gasteiger partial charge in [0.2, 0.25) is 5.91 Å². The number of H-pyrrole nitrogens is 1. The molecule has 0 fully saturated rings. The summed E-state index contributed by atoms with van der Waals surface area (Å²) in [5, 5.41) is 7.32. The zero-order valence-corrected chi connectivity index (χ0v) is 14.5. The summed E-state index contributed by atoms with van der Waals surface area (Å²) in [5.74, 6) is -0.608. The van der Waals surface area contributed by atoms with Crippen molar-refractivity contribution in [2.75, 3.05) is 7.05 Å². The maximum absolute atomic E-state index is 13.1. The van der Waals surface area contributed by atoms with Crippen molar-refractivity contribution in [3.05, 3.63) is 52.8 Å². The number of nitrogens with one attached hydrogen (secondary N) is 1. The highest BCUT2D eigenvalue weighted by atomic mass is 16.2. The average molecular weight is 340 g/mol. The van der Waals surface area contributed by atoms with Crippen LogP contribution in [0.15, 0.2) is 30.3 Å². The normalized spacial score (nSPS) is 15.1. The monoisotopic (exact) mass is 340 g/mol. The molecule has 0 unspecified atom stereocenters. The molecule has 0 saturated heterocycles. The third-order valence-corrected chi connectivity index (χ3v) is 4.88. The van der Waals surface area contributed by atoms with Crippen molar-refractivity contribution in [1.82, 2.24) is 15.1 Å². The lowest BCUT2D eigenvalue weighted by Crippen LogP contribution is -2.34. The van der Waals surface area contributed by atoms with Gasteiger partial charge in [-0.05, 0) is 31.2 Å². The van der Waals surface area contributed by atoms with Gasteiger partial charge in [0, 0.05) is 18.3 Å². The zero-order valence-electron chi connectivity index (χ0n) is 14.5. The molecular weight excluding hydrogens is 316 g/mol. The fourth-order valence-corrected chi connectivity index (χ4v) is 3.49. The van der Waals surface area contributed by atoms with E-state index in [1.165, 1.54) is 6.42 Å². The molecular formula is C19H24N4O2. The van der Waals surface area contributed by atoms with Gasteiger partial charge in [0.25, 0.3) is 5.91 Å². The van der Waals surface area contributed by atoms with Crippen LogP contribution >= 0.6 is 0 Å². The Bertz CT molecular complexity index is 754. The van der Waals surface area contributed by atoms with Gasteiger partial charge in [-0.15, -0.1) is 0 Å². The van der Waals surface area contributed by atoms with Crippen LogP contribution in [0.4, 0.5) is 0 Å². The number of aromatic nitrogens is 2. The van der Waals surface area contributed by atoms with Crippen molar-refractivity contribution in [3.63, 3.8) is 0 Å². The quantitative estimate of drug-likeness (QED) is 0.819. The lowest BCUT2D eigenvalue weighted by molar-refractivity contribution is -0.119. The number of carbonyl (C=O) groups excluding carboxylic acids is 2. The largest absolute Gasteiger partial charge is 0.370 e. The molecule has 6 heteroatoms. The van der Waals surface area contributed by atoms with Crippen LogP contribution in [0.25, 0.3) is 0 Å². The minimum Gasteiger partial charge on any atom is -0.370 e. The van der Waals surface area contributed by atoms with Gasteiger partial charge in [0.05, 0.1) is 12.5 Å². The first-order valence-electron chi connectivity index (χ1n) is 8.74. The van der Waals surface area contributed by atoms with E-state index in [1.807, 2.05) is 30.3 Å². The molecule has 2 amide bonds. The van der Waals surface area contributed by atoms with Crippen molar-refractivity contribution in [3.8, 4) is 0 Å². The molecule has 1 atom stereocenters. The Morgan fingerprint density at radius 3 is 2.64 bits per heavy atom. The van der Waals surface area contributed by atoms with E-state index in [1.54, 1.807) is 11.9 Å². The number of hydrogen-bond acceptors (Lipinski definition) is 3. The molecule has 1 aromatic heterocycles. The topological polar surface area (TPSA) is 92.1 Å². The lowest BCUT2D eigenvalue weighted by atomic mass is 10.0. The first kappa shape index (κ1) is 17.2. The molecule has 0 spiro atoms. The maximum Gasteiger partial charge on any atom is 0.274 e. The van der Waals surface area contributed by atoms with Gasteiger partial charge in [-0.25, -0.2) is 0 Å². The maximum atomic E-state index is 13.1. The van der Waals surface area contributed by atoms with E-state index in [0.29, 0.717) is 5.69 Å². The molecule has 0 radical (unpaired) electrons. The highest BCUT2D eigenvalue weighted by Crippen LogP contribution is 2.27.